The van der Waals surface area contributed by atoms with Crippen LogP contribution in [0.3, 0.4) is 0 Å². The van der Waals surface area contributed by atoms with Crippen molar-refractivity contribution in [3.05, 3.63) is 80.9 Å². The van der Waals surface area contributed by atoms with E-state index >= 15 is 0 Å². The largest absolute Gasteiger partial charge is 0.867 e. The number of oxazole rings is 1. The molecule has 0 saturated carbocycles. The minimum atomic E-state index is -0.692. The maximum absolute atomic E-state index is 12.2. The molecule has 7 nitrogen and oxygen atoms in total. The van der Waals surface area contributed by atoms with E-state index in [0.29, 0.717) is 11.6 Å². The Morgan fingerprint density at radius 2 is 1.87 bits per heavy atom. The Bertz CT molecular complexity index is 1320. The van der Waals surface area contributed by atoms with Crippen LogP contribution in [-0.4, -0.2) is 16.1 Å². The number of nitrogens with zero attached hydrogens (tertiary/aromatic N) is 3. The average Bonchev–Trinajstić information content (AvgIpc) is 3.12. The van der Waals surface area contributed by atoms with Crippen molar-refractivity contribution in [2.24, 2.45) is 4.99 Å². The highest BCUT2D eigenvalue weighted by Gasteiger charge is 2.12. The first-order valence-electron chi connectivity index (χ1n) is 9.31. The summed E-state index contributed by atoms with van der Waals surface area (Å²) < 4.78 is 5.97. The second-order valence-corrected chi connectivity index (χ2v) is 7.16. The molecule has 0 amide bonds. The summed E-state index contributed by atoms with van der Waals surface area (Å²) in [5.41, 5.74) is 5.60. The topological polar surface area (TPSA) is 105 Å². The quantitative estimate of drug-likeness (QED) is 0.267. The Balaban J connectivity index is 1.73. The van der Waals surface area contributed by atoms with Crippen molar-refractivity contribution in [2.45, 2.75) is 20.8 Å². The zero-order valence-electron chi connectivity index (χ0n) is 16.7. The van der Waals surface area contributed by atoms with Crippen LogP contribution in [0.15, 0.2) is 57.9 Å². The highest BCUT2D eigenvalue weighted by Crippen LogP contribution is 2.31. The number of hydrogen-bond acceptors (Lipinski definition) is 6. The van der Waals surface area contributed by atoms with Gasteiger partial charge in [-0.3, -0.25) is 15.1 Å². The first-order valence-corrected chi connectivity index (χ1v) is 9.31. The van der Waals surface area contributed by atoms with Crippen LogP contribution in [0, 0.1) is 30.9 Å². The summed E-state index contributed by atoms with van der Waals surface area (Å²) in [4.78, 5) is 19.3. The molecule has 150 valence electrons. The molecular weight excluding hydrogens is 382 g/mol. The van der Waals surface area contributed by atoms with Crippen molar-refractivity contribution >= 4 is 28.7 Å². The number of fused-ring (bicyclic) bond motifs is 1. The van der Waals surface area contributed by atoms with Crippen LogP contribution >= 0.6 is 0 Å². The van der Waals surface area contributed by atoms with Gasteiger partial charge in [0.05, 0.1) is 10.6 Å². The zero-order valence-corrected chi connectivity index (χ0v) is 16.7. The van der Waals surface area contributed by atoms with E-state index in [2.05, 4.69) is 9.98 Å². The van der Waals surface area contributed by atoms with Crippen LogP contribution in [0.1, 0.15) is 22.3 Å². The third kappa shape index (κ3) is 3.53. The Morgan fingerprint density at radius 1 is 1.07 bits per heavy atom. The first-order chi connectivity index (χ1) is 14.3. The summed E-state index contributed by atoms with van der Waals surface area (Å²) in [6, 6.07) is 13.8. The Labute approximate surface area is 172 Å². The third-order valence-corrected chi connectivity index (χ3v) is 4.84. The number of hydrogen-bond donors (Lipinski definition) is 0. The molecule has 0 aliphatic heterocycles. The highest BCUT2D eigenvalue weighted by molar-refractivity contribution is 5.88. The number of benzene rings is 3. The molecular formula is C23H18N3O4-. The number of aliphatic imine (C=N–C) groups is 1. The van der Waals surface area contributed by atoms with Crippen molar-refractivity contribution < 1.29 is 14.4 Å². The van der Waals surface area contributed by atoms with E-state index in [1.165, 1.54) is 24.4 Å². The molecule has 0 fully saturated rings. The van der Waals surface area contributed by atoms with E-state index in [9.17, 15) is 15.2 Å². The first kappa shape index (κ1) is 19.3. The minimum Gasteiger partial charge on any atom is -0.867 e. The molecule has 0 bridgehead atoms. The van der Waals surface area contributed by atoms with Gasteiger partial charge < -0.3 is 9.52 Å². The van der Waals surface area contributed by atoms with Gasteiger partial charge in [0, 0.05) is 17.8 Å². The lowest BCUT2D eigenvalue weighted by molar-refractivity contribution is -0.398. The van der Waals surface area contributed by atoms with Gasteiger partial charge in [-0.25, -0.2) is 4.98 Å². The minimum absolute atomic E-state index is 0.155. The molecule has 0 saturated heterocycles. The van der Waals surface area contributed by atoms with Crippen LogP contribution in [0.25, 0.3) is 22.6 Å². The van der Waals surface area contributed by atoms with Gasteiger partial charge in [0.25, 0.3) is 5.69 Å². The van der Waals surface area contributed by atoms with E-state index in [1.807, 2.05) is 51.1 Å². The number of rotatable bonds is 4. The standard InChI is InChI=1S/C23H19N3O4/c1-13-9-15(3)22-19(10-13)25-23(30-22)16-8-7-14(2)18(11-16)24-12-17-5-4-6-20(21(17)27)26(28)29/h4-12,27H,1-3H3/p-1. The zero-order chi connectivity index (χ0) is 21.4. The molecule has 30 heavy (non-hydrogen) atoms. The molecule has 0 atom stereocenters. The van der Waals surface area contributed by atoms with Crippen molar-refractivity contribution in [3.8, 4) is 17.2 Å². The summed E-state index contributed by atoms with van der Waals surface area (Å²) in [5, 5.41) is 23.2. The summed E-state index contributed by atoms with van der Waals surface area (Å²) in [6.07, 6.45) is 1.35. The van der Waals surface area contributed by atoms with Crippen LogP contribution in [0.2, 0.25) is 0 Å². The Hall–Kier alpha value is -4.00. The molecule has 3 aromatic carbocycles. The summed E-state index contributed by atoms with van der Waals surface area (Å²) >= 11 is 0. The smallest absolute Gasteiger partial charge is 0.262 e. The van der Waals surface area contributed by atoms with Gasteiger partial charge >= 0.3 is 0 Å². The molecule has 0 aliphatic rings. The van der Waals surface area contributed by atoms with Crippen LogP contribution in [-0.2, 0) is 0 Å². The summed E-state index contributed by atoms with van der Waals surface area (Å²) in [5.74, 6) is -0.181. The molecule has 4 aromatic rings. The molecule has 0 unspecified atom stereocenters. The number of para-hydroxylation sites is 1. The Kier molecular flexibility index (Phi) is 4.79. The van der Waals surface area contributed by atoms with Crippen molar-refractivity contribution in [1.82, 2.24) is 4.98 Å². The molecule has 1 heterocycles. The van der Waals surface area contributed by atoms with E-state index in [4.69, 9.17) is 4.42 Å². The van der Waals surface area contributed by atoms with E-state index < -0.39 is 16.4 Å². The number of nitro groups is 1. The fraction of sp³-hybridized carbons (Fsp3) is 0.130. The van der Waals surface area contributed by atoms with Gasteiger partial charge in [0.15, 0.2) is 5.58 Å². The fourth-order valence-corrected chi connectivity index (χ4v) is 3.31. The van der Waals surface area contributed by atoms with Crippen molar-refractivity contribution in [2.75, 3.05) is 0 Å². The lowest BCUT2D eigenvalue weighted by Gasteiger charge is -2.10. The molecule has 4 rings (SSSR count). The van der Waals surface area contributed by atoms with Gasteiger partial charge in [-0.1, -0.05) is 24.3 Å². The van der Waals surface area contributed by atoms with Crippen LogP contribution in [0.5, 0.6) is 5.75 Å². The van der Waals surface area contributed by atoms with E-state index in [0.717, 1.165) is 33.4 Å². The van der Waals surface area contributed by atoms with Crippen molar-refractivity contribution in [1.29, 1.82) is 0 Å². The highest BCUT2D eigenvalue weighted by atomic mass is 16.6. The summed E-state index contributed by atoms with van der Waals surface area (Å²) in [6.45, 7) is 5.88. The second kappa shape index (κ2) is 7.44. The molecule has 0 N–H and O–H groups in total. The Morgan fingerprint density at radius 3 is 2.63 bits per heavy atom. The van der Waals surface area contributed by atoms with E-state index in [-0.39, 0.29) is 5.56 Å². The lowest BCUT2D eigenvalue weighted by Crippen LogP contribution is -2.01. The number of aryl methyl sites for hydroxylation is 3. The fourth-order valence-electron chi connectivity index (χ4n) is 3.31. The predicted molar refractivity (Wildman–Crippen MR) is 113 cm³/mol. The van der Waals surface area contributed by atoms with Crippen molar-refractivity contribution in [3.63, 3.8) is 0 Å². The van der Waals surface area contributed by atoms with Gasteiger partial charge in [0.2, 0.25) is 5.89 Å². The average molecular weight is 400 g/mol. The third-order valence-electron chi connectivity index (χ3n) is 4.84. The monoisotopic (exact) mass is 400 g/mol. The predicted octanol–water partition coefficient (Wildman–Crippen LogP) is 5.15. The van der Waals surface area contributed by atoms with Gasteiger partial charge in [0.1, 0.15) is 5.52 Å². The normalized spacial score (nSPS) is 11.4. The number of aromatic nitrogens is 1. The van der Waals surface area contributed by atoms with Gasteiger partial charge in [-0.15, -0.1) is 0 Å². The van der Waals surface area contributed by atoms with Crippen LogP contribution in [0.4, 0.5) is 11.4 Å². The van der Waals surface area contributed by atoms with Crippen LogP contribution < -0.4 is 5.11 Å². The van der Waals surface area contributed by atoms with E-state index in [1.54, 1.807) is 0 Å². The molecule has 1 aromatic heterocycles. The van der Waals surface area contributed by atoms with Gasteiger partial charge in [-0.05, 0) is 67.0 Å². The second-order valence-electron chi connectivity index (χ2n) is 7.16. The molecule has 0 radical (unpaired) electrons. The molecule has 0 spiro atoms. The SMILES string of the molecule is Cc1cc(C)c2oc(-c3ccc(C)c(N=Cc4cccc([N+](=O)[O-])c4[O-])c3)nc2c1. The molecule has 7 heteroatoms. The molecule has 0 aliphatic carbocycles. The lowest BCUT2D eigenvalue weighted by atomic mass is 10.1. The maximum atomic E-state index is 12.2. The van der Waals surface area contributed by atoms with Gasteiger partial charge in [-0.2, -0.15) is 0 Å². The number of nitro benzene ring substituents is 1. The summed E-state index contributed by atoms with van der Waals surface area (Å²) in [7, 11) is 0. The maximum Gasteiger partial charge on any atom is 0.262 e.